The number of hydrogen-bond donors (Lipinski definition) is 12. The number of allylic oxidation sites excluding steroid dienone is 2. The van der Waals surface area contributed by atoms with Crippen LogP contribution in [-0.4, -0.2) is 209 Å². The Hall–Kier alpha value is -2.04. The Kier molecular flexibility index (Phi) is 15.8. The van der Waals surface area contributed by atoms with Gasteiger partial charge in [0.25, 0.3) is 0 Å². The molecule has 428 valence electrons. The Balaban J connectivity index is 0.996. The number of carbonyl (C=O) groups is 2. The van der Waals surface area contributed by atoms with Crippen LogP contribution in [0.3, 0.4) is 0 Å². The van der Waals surface area contributed by atoms with Crippen LogP contribution in [0.4, 0.5) is 0 Å². The fourth-order valence-corrected chi connectivity index (χ4v) is 16.2. The maximum atomic E-state index is 14.8. The van der Waals surface area contributed by atoms with Crippen LogP contribution in [-0.2, 0) is 47.5 Å². The lowest BCUT2D eigenvalue weighted by molar-refractivity contribution is -0.391. The average molecular weight is 1070 g/mol. The summed E-state index contributed by atoms with van der Waals surface area (Å²) in [5, 5.41) is 128. The van der Waals surface area contributed by atoms with Crippen LogP contribution in [0.25, 0.3) is 0 Å². The van der Waals surface area contributed by atoms with Crippen LogP contribution in [0.15, 0.2) is 11.6 Å². The van der Waals surface area contributed by atoms with Gasteiger partial charge in [-0.05, 0) is 116 Å². The number of aliphatic hydroxyl groups is 11. The van der Waals surface area contributed by atoms with Crippen molar-refractivity contribution in [2.24, 2.45) is 50.2 Å². The predicted molar refractivity (Wildman–Crippen MR) is 256 cm³/mol. The van der Waals surface area contributed by atoms with Crippen LogP contribution in [0, 0.1) is 50.2 Å². The van der Waals surface area contributed by atoms with E-state index in [1.807, 2.05) is 0 Å². The summed E-state index contributed by atoms with van der Waals surface area (Å²) in [4.78, 5) is 27.6. The second kappa shape index (κ2) is 20.5. The van der Waals surface area contributed by atoms with E-state index in [2.05, 4.69) is 54.5 Å². The van der Waals surface area contributed by atoms with Crippen LogP contribution in [0.2, 0.25) is 0 Å². The van der Waals surface area contributed by atoms with Gasteiger partial charge in [0.2, 0.25) is 6.29 Å². The first kappa shape index (κ1) is 57.6. The molecule has 8 fully saturated rings. The second-order valence-electron chi connectivity index (χ2n) is 25.8. The van der Waals surface area contributed by atoms with Crippen molar-refractivity contribution in [3.63, 3.8) is 0 Å². The molecule has 4 saturated heterocycles. The van der Waals surface area contributed by atoms with E-state index < -0.39 is 159 Å². The van der Waals surface area contributed by atoms with Gasteiger partial charge in [0.15, 0.2) is 25.0 Å². The molecule has 9 rings (SSSR count). The zero-order valence-electron chi connectivity index (χ0n) is 44.3. The van der Waals surface area contributed by atoms with Crippen molar-refractivity contribution in [3.05, 3.63) is 11.6 Å². The monoisotopic (exact) mass is 1070 g/mol. The zero-order chi connectivity index (χ0) is 54.9. The van der Waals surface area contributed by atoms with Gasteiger partial charge in [-0.15, -0.1) is 0 Å². The highest BCUT2D eigenvalue weighted by molar-refractivity contribution is 5.79. The van der Waals surface area contributed by atoms with Gasteiger partial charge in [0.05, 0.1) is 30.8 Å². The largest absolute Gasteiger partial charge is 0.479 e. The molecule has 0 bridgehead atoms. The Morgan fingerprint density at radius 3 is 1.96 bits per heavy atom. The Morgan fingerprint density at radius 2 is 1.28 bits per heavy atom. The summed E-state index contributed by atoms with van der Waals surface area (Å²) in [6.45, 7) is 16.0. The molecular formula is C53H84O22. The second-order valence-corrected chi connectivity index (χ2v) is 25.8. The lowest BCUT2D eigenvalue weighted by Crippen LogP contribution is -2.68. The summed E-state index contributed by atoms with van der Waals surface area (Å²) in [5.74, 6) is -2.12. The van der Waals surface area contributed by atoms with Gasteiger partial charge in [-0.3, -0.25) is 4.79 Å². The van der Waals surface area contributed by atoms with E-state index in [1.165, 1.54) is 12.5 Å². The number of carbonyl (C=O) groups excluding carboxylic acids is 1. The number of aliphatic hydroxyl groups excluding tert-OH is 11. The number of fused-ring (bicyclic) bond motifs is 7. The fourth-order valence-electron chi connectivity index (χ4n) is 16.2. The summed E-state index contributed by atoms with van der Waals surface area (Å²) in [6, 6.07) is 0. The van der Waals surface area contributed by atoms with Crippen molar-refractivity contribution in [3.8, 4) is 0 Å². The maximum absolute atomic E-state index is 14.8. The molecule has 5 aliphatic carbocycles. The van der Waals surface area contributed by atoms with Crippen LogP contribution >= 0.6 is 0 Å². The quantitative estimate of drug-likeness (QED) is 0.0761. The van der Waals surface area contributed by atoms with Gasteiger partial charge in [0, 0.05) is 0 Å². The number of carboxylic acids is 1. The number of carboxylic acid groups (broad SMARTS) is 1. The molecule has 75 heavy (non-hydrogen) atoms. The normalized spacial score (nSPS) is 53.5. The smallest absolute Gasteiger partial charge is 0.335 e. The van der Waals surface area contributed by atoms with E-state index in [4.69, 9.17) is 37.9 Å². The number of esters is 1. The Bertz CT molecular complexity index is 2120. The molecule has 0 unspecified atom stereocenters. The fraction of sp³-hybridized carbons (Fsp3) is 0.925. The minimum atomic E-state index is -2.04. The van der Waals surface area contributed by atoms with Gasteiger partial charge in [-0.25, -0.2) is 4.79 Å². The molecule has 4 saturated carbocycles. The van der Waals surface area contributed by atoms with Crippen molar-refractivity contribution in [1.29, 1.82) is 0 Å². The average Bonchev–Trinajstić information content (AvgIpc) is 3.34. The summed E-state index contributed by atoms with van der Waals surface area (Å²) in [6.07, 6.45) is -23.3. The van der Waals surface area contributed by atoms with Crippen LogP contribution < -0.4 is 0 Å². The molecule has 0 amide bonds. The molecule has 4 aliphatic heterocycles. The van der Waals surface area contributed by atoms with E-state index in [0.717, 1.165) is 32.1 Å². The Labute approximate surface area is 437 Å². The van der Waals surface area contributed by atoms with Gasteiger partial charge in [0.1, 0.15) is 79.4 Å². The summed E-state index contributed by atoms with van der Waals surface area (Å²) >= 11 is 0. The molecule has 0 aromatic carbocycles. The minimum absolute atomic E-state index is 0.0285. The lowest BCUT2D eigenvalue weighted by atomic mass is 9.33. The maximum Gasteiger partial charge on any atom is 0.335 e. The molecule has 0 aromatic rings. The standard InChI is InChI=1S/C53H84O22/c1-22-30(56)33(59)36(62)44(69-22)74-41-39(72-43-35(61)31(57)25(55)21-68-43)38(64)40(42(65)66)73-46(41)71-29-12-13-50(6)27(49(29,4)5)11-14-52(8)28(50)10-9-23-24-19-48(2,3)15-17-53(24,18-16-51(23,52)7)47(67)75-45-37(63)34(60)32(58)26(20-54)70-45/h9,22,24-41,43-46,54-64H,10-21H2,1-8H3,(H,65,66)/t22-,24-,25+,26+,27-,28+,29-,30-,31-,32+,33+,34-,35+,36+,37+,38-,39-,40-,41+,43-,44-,45-,46+,50-,51+,52+,53-/m0/s1. The van der Waals surface area contributed by atoms with Crippen LogP contribution in [0.1, 0.15) is 120 Å². The Morgan fingerprint density at radius 1 is 0.640 bits per heavy atom. The van der Waals surface area contributed by atoms with Crippen molar-refractivity contribution >= 4 is 11.9 Å². The van der Waals surface area contributed by atoms with Gasteiger partial charge >= 0.3 is 11.9 Å². The number of hydrogen-bond acceptors (Lipinski definition) is 21. The van der Waals surface area contributed by atoms with E-state index in [1.54, 1.807) is 0 Å². The topological polar surface area (TPSA) is 351 Å². The van der Waals surface area contributed by atoms with Gasteiger partial charge in [-0.2, -0.15) is 0 Å². The van der Waals surface area contributed by atoms with Gasteiger partial charge in [-0.1, -0.05) is 60.1 Å². The van der Waals surface area contributed by atoms with E-state index >= 15 is 0 Å². The highest BCUT2D eigenvalue weighted by Gasteiger charge is 2.70. The lowest BCUT2D eigenvalue weighted by Gasteiger charge is -2.71. The van der Waals surface area contributed by atoms with Gasteiger partial charge < -0.3 is 99.2 Å². The van der Waals surface area contributed by atoms with E-state index in [-0.39, 0.29) is 39.4 Å². The molecule has 27 atom stereocenters. The highest BCUT2D eigenvalue weighted by atomic mass is 16.8. The van der Waals surface area contributed by atoms with E-state index in [0.29, 0.717) is 32.1 Å². The van der Waals surface area contributed by atoms with Crippen LogP contribution in [0.5, 0.6) is 0 Å². The molecule has 4 heterocycles. The minimum Gasteiger partial charge on any atom is -0.479 e. The molecule has 22 nitrogen and oxygen atoms in total. The first-order chi connectivity index (χ1) is 35.0. The number of ether oxygens (including phenoxy) is 8. The molecule has 0 aromatic heterocycles. The SMILES string of the molecule is C[C@@H]1O[C@@H](O[C@H]2[C@H](O[C@H]3CC[C@]4(C)[C@H]5CC=C6[C@@H]7CC(C)(C)CC[C@]7(C(=O)O[C@@H]7O[C@H](CO)[C@@H](O)[C@H](O)[C@H]7O)CC[C@@]6(C)[C@]5(C)CC[C@H]4C3(C)C)O[C@H](C(=O)O)[C@@H](O)[C@@H]2O[C@@H]2OC[C@@H](O)[C@H](O)[C@H]2O)[C@H](O)[C@H](O)[C@H]1O. The van der Waals surface area contributed by atoms with Crippen molar-refractivity contribution in [1.82, 2.24) is 0 Å². The predicted octanol–water partition coefficient (Wildman–Crippen LogP) is -0.276. The molecule has 0 spiro atoms. The van der Waals surface area contributed by atoms with Crippen molar-refractivity contribution < 1.29 is 109 Å². The first-order valence-electron chi connectivity index (χ1n) is 27.1. The summed E-state index contributed by atoms with van der Waals surface area (Å²) in [5.41, 5.74) is -1.32. The zero-order valence-corrected chi connectivity index (χ0v) is 44.3. The number of rotatable bonds is 10. The summed E-state index contributed by atoms with van der Waals surface area (Å²) in [7, 11) is 0. The molecule has 22 heteroatoms. The number of aliphatic carboxylic acids is 1. The third kappa shape index (κ3) is 9.36. The van der Waals surface area contributed by atoms with Crippen molar-refractivity contribution in [2.75, 3.05) is 13.2 Å². The summed E-state index contributed by atoms with van der Waals surface area (Å²) < 4.78 is 48.4. The van der Waals surface area contributed by atoms with E-state index in [9.17, 15) is 70.9 Å². The molecule has 0 radical (unpaired) electrons. The molecule has 12 N–H and O–H groups in total. The third-order valence-electron chi connectivity index (χ3n) is 21.0. The highest BCUT2D eigenvalue weighted by Crippen LogP contribution is 2.76. The first-order valence-corrected chi connectivity index (χ1v) is 27.1. The third-order valence-corrected chi connectivity index (χ3v) is 21.0. The van der Waals surface area contributed by atoms with Crippen molar-refractivity contribution in [2.45, 2.75) is 242 Å². The molecular weight excluding hydrogens is 989 g/mol. The molecule has 9 aliphatic rings.